The van der Waals surface area contributed by atoms with Crippen molar-refractivity contribution < 1.29 is 18.3 Å². The van der Waals surface area contributed by atoms with Crippen molar-refractivity contribution in [3.8, 4) is 5.69 Å². The number of nitrogens with one attached hydrogen (secondary N) is 1. The maximum atomic E-state index is 12.4. The second-order valence-electron chi connectivity index (χ2n) is 5.84. The summed E-state index contributed by atoms with van der Waals surface area (Å²) in [6.45, 7) is 3.30. The predicted molar refractivity (Wildman–Crippen MR) is 84.8 cm³/mol. The van der Waals surface area contributed by atoms with Crippen LogP contribution in [0, 0.1) is 0 Å². The van der Waals surface area contributed by atoms with Gasteiger partial charge in [0.25, 0.3) is 0 Å². The zero-order chi connectivity index (χ0) is 17.1. The monoisotopic (exact) mass is 337 g/mol. The molecular weight excluding hydrogens is 318 g/mol. The van der Waals surface area contributed by atoms with Crippen LogP contribution in [0.4, 0.5) is 0 Å². The molecule has 2 N–H and O–H groups in total. The van der Waals surface area contributed by atoms with Crippen molar-refractivity contribution in [1.29, 1.82) is 0 Å². The molecule has 2 rings (SSSR count). The van der Waals surface area contributed by atoms with Crippen molar-refractivity contribution in [2.75, 3.05) is 0 Å². The summed E-state index contributed by atoms with van der Waals surface area (Å²) in [6.07, 6.45) is 2.76. The van der Waals surface area contributed by atoms with Gasteiger partial charge in [-0.2, -0.15) is 5.10 Å². The largest absolute Gasteiger partial charge is 0.481 e. The fourth-order valence-electron chi connectivity index (χ4n) is 2.06. The third kappa shape index (κ3) is 4.64. The number of nitrogens with zero attached hydrogens (tertiary/aromatic N) is 2. The highest BCUT2D eigenvalue weighted by Gasteiger charge is 2.27. The van der Waals surface area contributed by atoms with Crippen molar-refractivity contribution in [2.45, 2.75) is 37.1 Å². The van der Waals surface area contributed by atoms with Gasteiger partial charge in [0.05, 0.1) is 18.1 Å². The van der Waals surface area contributed by atoms with E-state index in [1.165, 1.54) is 17.1 Å². The molecule has 1 aromatic heterocycles. The lowest BCUT2D eigenvalue weighted by Crippen LogP contribution is -2.43. The third-order valence-electron chi connectivity index (χ3n) is 3.26. The lowest BCUT2D eigenvalue weighted by molar-refractivity contribution is -0.137. The second kappa shape index (κ2) is 6.51. The van der Waals surface area contributed by atoms with Crippen LogP contribution in [0.25, 0.3) is 5.69 Å². The Kier molecular flexibility index (Phi) is 4.86. The Morgan fingerprint density at radius 3 is 2.57 bits per heavy atom. The molecule has 0 unspecified atom stereocenters. The van der Waals surface area contributed by atoms with Crippen molar-refractivity contribution in [3.05, 3.63) is 42.7 Å². The predicted octanol–water partition coefficient (Wildman–Crippen LogP) is 1.79. The van der Waals surface area contributed by atoms with Crippen LogP contribution >= 0.6 is 0 Å². The Morgan fingerprint density at radius 1 is 1.30 bits per heavy atom. The highest BCUT2D eigenvalue weighted by atomic mass is 32.2. The van der Waals surface area contributed by atoms with E-state index in [2.05, 4.69) is 9.82 Å². The van der Waals surface area contributed by atoms with Gasteiger partial charge in [0.15, 0.2) is 0 Å². The first-order valence-corrected chi connectivity index (χ1v) is 8.54. The molecule has 7 nitrogen and oxygen atoms in total. The van der Waals surface area contributed by atoms with Gasteiger partial charge < -0.3 is 5.11 Å². The van der Waals surface area contributed by atoms with Gasteiger partial charge in [-0.15, -0.1) is 0 Å². The molecule has 0 amide bonds. The van der Waals surface area contributed by atoms with Crippen LogP contribution in [0.1, 0.15) is 26.7 Å². The first kappa shape index (κ1) is 17.2. The smallest absolute Gasteiger partial charge is 0.303 e. The summed E-state index contributed by atoms with van der Waals surface area (Å²) in [5, 5.41) is 12.8. The molecule has 1 aromatic carbocycles. The van der Waals surface area contributed by atoms with Crippen molar-refractivity contribution in [3.63, 3.8) is 0 Å². The molecular formula is C15H19N3O4S. The average Bonchev–Trinajstić information content (AvgIpc) is 2.96. The first-order chi connectivity index (χ1) is 10.7. The fraction of sp³-hybridized carbons (Fsp3) is 0.333. The summed E-state index contributed by atoms with van der Waals surface area (Å²) < 4.78 is 28.8. The minimum absolute atomic E-state index is 0.0322. The molecule has 23 heavy (non-hydrogen) atoms. The fourth-order valence-corrected chi connectivity index (χ4v) is 3.43. The number of hydrogen-bond donors (Lipinski definition) is 2. The van der Waals surface area contributed by atoms with E-state index >= 15 is 0 Å². The van der Waals surface area contributed by atoms with Gasteiger partial charge in [-0.3, -0.25) is 4.79 Å². The maximum Gasteiger partial charge on any atom is 0.303 e. The van der Waals surface area contributed by atoms with Crippen LogP contribution < -0.4 is 4.72 Å². The summed E-state index contributed by atoms with van der Waals surface area (Å²) in [5.74, 6) is -0.964. The van der Waals surface area contributed by atoms with E-state index in [1.807, 2.05) is 30.3 Å². The van der Waals surface area contributed by atoms with Crippen molar-refractivity contribution >= 4 is 16.0 Å². The summed E-state index contributed by atoms with van der Waals surface area (Å²) in [7, 11) is -3.78. The summed E-state index contributed by atoms with van der Waals surface area (Å²) in [4.78, 5) is 10.7. The van der Waals surface area contributed by atoms with Crippen LogP contribution in [0.5, 0.6) is 0 Å². The standard InChI is InChI=1S/C15H19N3O4S/c1-15(2,9-8-14(19)20)17-23(21,22)13-10-16-18(11-13)12-6-4-3-5-7-12/h3-7,10-11,17H,8-9H2,1-2H3,(H,19,20). The molecule has 1 heterocycles. The van der Waals surface area contributed by atoms with Gasteiger partial charge in [0.1, 0.15) is 4.90 Å². The Hall–Kier alpha value is -2.19. The minimum Gasteiger partial charge on any atom is -0.481 e. The van der Waals surface area contributed by atoms with Crippen LogP contribution in [0.15, 0.2) is 47.6 Å². The molecule has 0 saturated carbocycles. The third-order valence-corrected chi connectivity index (χ3v) is 4.92. The first-order valence-electron chi connectivity index (χ1n) is 7.05. The molecule has 2 aromatic rings. The zero-order valence-electron chi connectivity index (χ0n) is 12.9. The van der Waals surface area contributed by atoms with E-state index in [-0.39, 0.29) is 17.7 Å². The van der Waals surface area contributed by atoms with Gasteiger partial charge in [-0.25, -0.2) is 17.8 Å². The van der Waals surface area contributed by atoms with Crippen molar-refractivity contribution in [1.82, 2.24) is 14.5 Å². The molecule has 0 spiro atoms. The van der Waals surface area contributed by atoms with Crippen LogP contribution in [0.2, 0.25) is 0 Å². The van der Waals surface area contributed by atoms with E-state index in [9.17, 15) is 13.2 Å². The molecule has 8 heteroatoms. The van der Waals surface area contributed by atoms with Crippen molar-refractivity contribution in [2.24, 2.45) is 0 Å². The van der Waals surface area contributed by atoms with Gasteiger partial charge in [-0.1, -0.05) is 18.2 Å². The number of carbonyl (C=O) groups is 1. The molecule has 0 saturated heterocycles. The number of carboxylic acids is 1. The highest BCUT2D eigenvalue weighted by Crippen LogP contribution is 2.18. The molecule has 0 aliphatic heterocycles. The molecule has 0 bridgehead atoms. The molecule has 124 valence electrons. The zero-order valence-corrected chi connectivity index (χ0v) is 13.7. The number of sulfonamides is 1. The average molecular weight is 337 g/mol. The molecule has 0 fully saturated rings. The minimum atomic E-state index is -3.78. The van der Waals surface area contributed by atoms with E-state index in [4.69, 9.17) is 5.11 Å². The number of carboxylic acid groups (broad SMARTS) is 1. The molecule has 0 aliphatic rings. The normalized spacial score (nSPS) is 12.3. The van der Waals surface area contributed by atoms with E-state index in [1.54, 1.807) is 13.8 Å². The lowest BCUT2D eigenvalue weighted by atomic mass is 10.0. The van der Waals surface area contributed by atoms with E-state index in [0.29, 0.717) is 0 Å². The molecule has 0 aliphatic carbocycles. The Morgan fingerprint density at radius 2 is 1.96 bits per heavy atom. The van der Waals surface area contributed by atoms with Gasteiger partial charge in [-0.05, 0) is 32.4 Å². The number of hydrogen-bond acceptors (Lipinski definition) is 4. The summed E-state index contributed by atoms with van der Waals surface area (Å²) in [6, 6.07) is 9.15. The van der Waals surface area contributed by atoms with E-state index < -0.39 is 21.5 Å². The second-order valence-corrected chi connectivity index (χ2v) is 7.52. The van der Waals surface area contributed by atoms with Crippen LogP contribution in [0.3, 0.4) is 0 Å². The Balaban J connectivity index is 2.17. The Bertz CT molecular complexity index is 782. The highest BCUT2D eigenvalue weighted by molar-refractivity contribution is 7.89. The lowest BCUT2D eigenvalue weighted by Gasteiger charge is -2.24. The van der Waals surface area contributed by atoms with Crippen LogP contribution in [-0.4, -0.2) is 34.8 Å². The van der Waals surface area contributed by atoms with E-state index in [0.717, 1.165) is 5.69 Å². The molecule has 0 radical (unpaired) electrons. The molecule has 0 atom stereocenters. The maximum absolute atomic E-state index is 12.4. The summed E-state index contributed by atoms with van der Waals surface area (Å²) >= 11 is 0. The van der Waals surface area contributed by atoms with Crippen LogP contribution in [-0.2, 0) is 14.8 Å². The SMILES string of the molecule is CC(C)(CCC(=O)O)NS(=O)(=O)c1cnn(-c2ccccc2)c1. The Labute approximate surface area is 135 Å². The van der Waals surface area contributed by atoms with Gasteiger partial charge in [0, 0.05) is 12.0 Å². The van der Waals surface area contributed by atoms with Gasteiger partial charge >= 0.3 is 5.97 Å². The number of aromatic nitrogens is 2. The topological polar surface area (TPSA) is 101 Å². The van der Waals surface area contributed by atoms with Gasteiger partial charge in [0.2, 0.25) is 10.0 Å². The number of aliphatic carboxylic acids is 1. The number of benzene rings is 1. The number of rotatable bonds is 7. The quantitative estimate of drug-likeness (QED) is 0.802. The number of para-hydroxylation sites is 1. The summed E-state index contributed by atoms with van der Waals surface area (Å²) in [5.41, 5.74) is -0.120.